The number of H-pyrrole nitrogens is 2. The molecule has 6 aromatic rings. The molecule has 0 amide bonds. The Morgan fingerprint density at radius 1 is 0.531 bits per heavy atom. The van der Waals surface area contributed by atoms with Crippen LogP contribution in [-0.2, 0) is 0 Å². The molecule has 0 atom stereocenters. The van der Waals surface area contributed by atoms with Gasteiger partial charge < -0.3 is 0 Å². The van der Waals surface area contributed by atoms with E-state index in [-0.39, 0.29) is 0 Å². The first-order chi connectivity index (χ1) is 15.7. The third-order valence-corrected chi connectivity index (χ3v) is 5.45. The zero-order chi connectivity index (χ0) is 21.9. The number of aromatic amines is 2. The number of tetrazole rings is 2. The number of nitrogens with one attached hydrogen (secondary N) is 2. The fourth-order valence-corrected chi connectivity index (χ4v) is 3.74. The van der Waals surface area contributed by atoms with Crippen LogP contribution in [0.1, 0.15) is 0 Å². The van der Waals surface area contributed by atoms with Crippen molar-refractivity contribution in [2.75, 3.05) is 0 Å². The average molecular weight is 457 g/mol. The van der Waals surface area contributed by atoms with E-state index in [1.807, 2.05) is 60.7 Å². The van der Waals surface area contributed by atoms with E-state index in [4.69, 9.17) is 24.4 Å². The minimum absolute atomic E-state index is 0.426. The number of nitrogens with zero attached hydrogens (tertiary/aromatic N) is 6. The normalized spacial score (nSPS) is 10.8. The Morgan fingerprint density at radius 2 is 0.938 bits per heavy atom. The van der Waals surface area contributed by atoms with E-state index in [1.165, 1.54) is 10.8 Å². The fourth-order valence-electron chi connectivity index (χ4n) is 3.36. The molecule has 6 rings (SSSR count). The van der Waals surface area contributed by atoms with Crippen LogP contribution in [0.2, 0.25) is 0 Å². The number of hydrogen-bond acceptors (Lipinski definition) is 6. The average Bonchev–Trinajstić information content (AvgIpc) is 3.47. The van der Waals surface area contributed by atoms with Crippen molar-refractivity contribution in [3.05, 3.63) is 94.5 Å². The molecule has 0 saturated heterocycles. The van der Waals surface area contributed by atoms with Crippen molar-refractivity contribution >= 4 is 46.0 Å². The van der Waals surface area contributed by atoms with Crippen LogP contribution in [0.25, 0.3) is 32.9 Å². The minimum atomic E-state index is 0.426. The predicted octanol–water partition coefficient (Wildman–Crippen LogP) is 4.96. The van der Waals surface area contributed by atoms with Crippen LogP contribution >= 0.6 is 24.4 Å². The number of aromatic nitrogens is 8. The van der Waals surface area contributed by atoms with Gasteiger partial charge in [-0.1, -0.05) is 81.3 Å². The second-order valence-corrected chi connectivity index (χ2v) is 7.63. The van der Waals surface area contributed by atoms with Gasteiger partial charge in [-0.2, -0.15) is 10.4 Å². The lowest BCUT2D eigenvalue weighted by atomic mass is 10.1. The maximum atomic E-state index is 5.05. The summed E-state index contributed by atoms with van der Waals surface area (Å²) in [5.41, 5.74) is 1.88. The zero-order valence-electron chi connectivity index (χ0n) is 16.6. The highest BCUT2D eigenvalue weighted by molar-refractivity contribution is 7.71. The molecule has 0 aliphatic heterocycles. The molecule has 2 heterocycles. The molecule has 0 fully saturated rings. The first-order valence-corrected chi connectivity index (χ1v) is 10.5. The smallest absolute Gasteiger partial charge is 0.210 e. The SMILES string of the molecule is S=c1nn[nH]n1-c1ccc2ccccc2c1.S=c1nn[nH]n1-c1ccc2ccccc2c1. The first-order valence-electron chi connectivity index (χ1n) is 9.68. The molecule has 156 valence electrons. The number of fused-ring (bicyclic) bond motifs is 2. The number of hydrogen-bond donors (Lipinski definition) is 2. The van der Waals surface area contributed by atoms with Crippen LogP contribution in [0.15, 0.2) is 84.9 Å². The van der Waals surface area contributed by atoms with E-state index in [1.54, 1.807) is 9.36 Å². The molecule has 2 N–H and O–H groups in total. The molecule has 10 heteroatoms. The number of benzene rings is 4. The summed E-state index contributed by atoms with van der Waals surface area (Å²) < 4.78 is 4.19. The van der Waals surface area contributed by atoms with Gasteiger partial charge in [-0.3, -0.25) is 0 Å². The Balaban J connectivity index is 0.000000135. The predicted molar refractivity (Wildman–Crippen MR) is 128 cm³/mol. The fraction of sp³-hybridized carbons (Fsp3) is 0. The van der Waals surface area contributed by atoms with Crippen LogP contribution in [-0.4, -0.2) is 40.4 Å². The van der Waals surface area contributed by atoms with Gasteiger partial charge in [0.05, 0.1) is 11.4 Å². The Kier molecular flexibility index (Phi) is 5.36. The van der Waals surface area contributed by atoms with Gasteiger partial charge in [0.1, 0.15) is 0 Å². The molecular weight excluding hydrogens is 440 g/mol. The molecule has 8 nitrogen and oxygen atoms in total. The summed E-state index contributed by atoms with van der Waals surface area (Å²) in [6.07, 6.45) is 0. The van der Waals surface area contributed by atoms with Crippen LogP contribution in [0.5, 0.6) is 0 Å². The van der Waals surface area contributed by atoms with Gasteiger partial charge >= 0.3 is 0 Å². The van der Waals surface area contributed by atoms with Crippen molar-refractivity contribution < 1.29 is 0 Å². The molecular formula is C22H16N8S2. The van der Waals surface area contributed by atoms with Crippen molar-refractivity contribution in [1.82, 2.24) is 40.4 Å². The van der Waals surface area contributed by atoms with Gasteiger partial charge in [0.25, 0.3) is 0 Å². The Labute approximate surface area is 192 Å². The molecule has 0 saturated carbocycles. The van der Waals surface area contributed by atoms with E-state index in [0.29, 0.717) is 9.54 Å². The summed E-state index contributed by atoms with van der Waals surface area (Å²) in [6, 6.07) is 28.5. The van der Waals surface area contributed by atoms with Crippen molar-refractivity contribution in [2.45, 2.75) is 0 Å². The van der Waals surface area contributed by atoms with Crippen molar-refractivity contribution in [3.8, 4) is 11.4 Å². The lowest BCUT2D eigenvalue weighted by molar-refractivity contribution is 0.787. The van der Waals surface area contributed by atoms with E-state index in [0.717, 1.165) is 22.1 Å². The standard InChI is InChI=1S/2C11H8N4S/c2*16-11-12-13-14-15(11)10-6-5-8-3-1-2-4-9(8)7-10/h2*1-7H,(H,12,14,16). The molecule has 0 spiro atoms. The van der Waals surface area contributed by atoms with E-state index < -0.39 is 0 Å². The van der Waals surface area contributed by atoms with Gasteiger partial charge in [0.2, 0.25) is 9.54 Å². The molecule has 0 aliphatic carbocycles. The monoisotopic (exact) mass is 456 g/mol. The summed E-state index contributed by atoms with van der Waals surface area (Å²) in [4.78, 5) is 0. The van der Waals surface area contributed by atoms with Gasteiger partial charge in [0.15, 0.2) is 0 Å². The van der Waals surface area contributed by atoms with Crippen molar-refractivity contribution in [1.29, 1.82) is 0 Å². The quantitative estimate of drug-likeness (QED) is 0.358. The maximum absolute atomic E-state index is 5.05. The second-order valence-electron chi connectivity index (χ2n) is 6.90. The van der Waals surface area contributed by atoms with Crippen molar-refractivity contribution in [2.24, 2.45) is 0 Å². The Bertz CT molecular complexity index is 1520. The number of rotatable bonds is 2. The van der Waals surface area contributed by atoms with Gasteiger partial charge in [0, 0.05) is 0 Å². The highest BCUT2D eigenvalue weighted by atomic mass is 32.1. The third-order valence-electron chi connectivity index (χ3n) is 4.93. The summed E-state index contributed by atoms with van der Waals surface area (Å²) in [5, 5.41) is 25.0. The highest BCUT2D eigenvalue weighted by Gasteiger charge is 2.01. The van der Waals surface area contributed by atoms with Gasteiger partial charge in [-0.25, -0.2) is 9.36 Å². The van der Waals surface area contributed by atoms with Crippen LogP contribution < -0.4 is 0 Å². The van der Waals surface area contributed by atoms with Crippen molar-refractivity contribution in [3.63, 3.8) is 0 Å². The van der Waals surface area contributed by atoms with Crippen LogP contribution in [0.4, 0.5) is 0 Å². The van der Waals surface area contributed by atoms with Gasteiger partial charge in [-0.15, -0.1) is 0 Å². The Hall–Kier alpha value is -4.02. The maximum Gasteiger partial charge on any atom is 0.242 e. The first kappa shape index (κ1) is 19.9. The Morgan fingerprint density at radius 3 is 1.31 bits per heavy atom. The molecule has 0 unspecified atom stereocenters. The largest absolute Gasteiger partial charge is 0.242 e. The summed E-state index contributed by atoms with van der Waals surface area (Å²) in [6.45, 7) is 0. The molecule has 32 heavy (non-hydrogen) atoms. The highest BCUT2D eigenvalue weighted by Crippen LogP contribution is 2.18. The molecule has 0 bridgehead atoms. The summed E-state index contributed by atoms with van der Waals surface area (Å²) in [5.74, 6) is 0. The zero-order valence-corrected chi connectivity index (χ0v) is 18.2. The van der Waals surface area contributed by atoms with Gasteiger partial charge in [-0.05, 0) is 70.2 Å². The summed E-state index contributed by atoms with van der Waals surface area (Å²) >= 11 is 10.1. The lowest BCUT2D eigenvalue weighted by Gasteiger charge is -2.02. The lowest BCUT2D eigenvalue weighted by Crippen LogP contribution is -1.96. The van der Waals surface area contributed by atoms with E-state index in [2.05, 4.69) is 55.3 Å². The molecule has 0 radical (unpaired) electrons. The van der Waals surface area contributed by atoms with E-state index in [9.17, 15) is 0 Å². The summed E-state index contributed by atoms with van der Waals surface area (Å²) in [7, 11) is 0. The minimum Gasteiger partial charge on any atom is -0.210 e. The third kappa shape index (κ3) is 3.96. The second kappa shape index (κ2) is 8.61. The molecule has 4 aromatic carbocycles. The topological polar surface area (TPSA) is 93.0 Å². The van der Waals surface area contributed by atoms with Crippen LogP contribution in [0.3, 0.4) is 0 Å². The van der Waals surface area contributed by atoms with E-state index >= 15 is 0 Å². The van der Waals surface area contributed by atoms with Crippen LogP contribution in [0, 0.1) is 9.54 Å². The molecule has 2 aromatic heterocycles. The molecule has 0 aliphatic rings.